The molecule has 96 valence electrons. The van der Waals surface area contributed by atoms with Crippen LogP contribution in [0.2, 0.25) is 5.02 Å². The van der Waals surface area contributed by atoms with Crippen molar-refractivity contribution >= 4 is 17.4 Å². The van der Waals surface area contributed by atoms with Gasteiger partial charge in [-0.25, -0.2) is 0 Å². The van der Waals surface area contributed by atoms with Crippen molar-refractivity contribution in [2.24, 2.45) is 7.05 Å². The van der Waals surface area contributed by atoms with E-state index in [0.29, 0.717) is 24.5 Å². The number of ketones is 1. The van der Waals surface area contributed by atoms with Crippen LogP contribution in [0.4, 0.5) is 0 Å². The average molecular weight is 259 g/mol. The number of halogens is 1. The Morgan fingerprint density at radius 1 is 1.53 bits per heavy atom. The molecule has 0 aliphatic rings. The second-order valence-electron chi connectivity index (χ2n) is 4.00. The molecule has 0 radical (unpaired) electrons. The van der Waals surface area contributed by atoms with Crippen LogP contribution in [0.1, 0.15) is 31.2 Å². The quantitative estimate of drug-likeness (QED) is 0.704. The van der Waals surface area contributed by atoms with Crippen LogP contribution in [0, 0.1) is 0 Å². The molecule has 0 aliphatic carbocycles. The summed E-state index contributed by atoms with van der Waals surface area (Å²) in [6.45, 7) is 2.61. The highest BCUT2D eigenvalue weighted by atomic mass is 35.5. The number of aromatic nitrogens is 2. The summed E-state index contributed by atoms with van der Waals surface area (Å²) in [5.41, 5.74) is 1.67. The second-order valence-corrected chi connectivity index (χ2v) is 4.37. The molecule has 0 amide bonds. The lowest BCUT2D eigenvalue weighted by Gasteiger charge is -2.02. The Hall–Kier alpha value is -0.870. The van der Waals surface area contributed by atoms with Gasteiger partial charge in [0.05, 0.1) is 16.4 Å². The maximum Gasteiger partial charge on any atom is 0.138 e. The maximum atomic E-state index is 11.7. The SMILES string of the molecule is CCc1nn(C)c(CC(=O)CCCOC)c1Cl. The summed E-state index contributed by atoms with van der Waals surface area (Å²) in [4.78, 5) is 11.7. The highest BCUT2D eigenvalue weighted by Gasteiger charge is 2.15. The first-order valence-electron chi connectivity index (χ1n) is 5.81. The van der Waals surface area contributed by atoms with E-state index in [9.17, 15) is 4.79 Å². The Morgan fingerprint density at radius 2 is 2.24 bits per heavy atom. The van der Waals surface area contributed by atoms with Gasteiger partial charge in [0, 0.05) is 33.6 Å². The lowest BCUT2D eigenvalue weighted by atomic mass is 10.1. The van der Waals surface area contributed by atoms with Crippen LogP contribution in [-0.2, 0) is 29.4 Å². The molecule has 0 fully saturated rings. The molecule has 1 rings (SSSR count). The fraction of sp³-hybridized carbons (Fsp3) is 0.667. The van der Waals surface area contributed by atoms with Crippen LogP contribution in [0.15, 0.2) is 0 Å². The second kappa shape index (κ2) is 6.77. The van der Waals surface area contributed by atoms with Gasteiger partial charge in [0.25, 0.3) is 0 Å². The molecule has 1 aromatic heterocycles. The topological polar surface area (TPSA) is 44.1 Å². The third-order valence-electron chi connectivity index (χ3n) is 2.67. The van der Waals surface area contributed by atoms with Crippen molar-refractivity contribution in [1.82, 2.24) is 9.78 Å². The van der Waals surface area contributed by atoms with Crippen molar-refractivity contribution in [3.8, 4) is 0 Å². The van der Waals surface area contributed by atoms with E-state index in [1.165, 1.54) is 0 Å². The van der Waals surface area contributed by atoms with Crippen LogP contribution >= 0.6 is 11.6 Å². The molecule has 0 bridgehead atoms. The zero-order valence-electron chi connectivity index (χ0n) is 10.6. The number of methoxy groups -OCH3 is 1. The van der Waals surface area contributed by atoms with Crippen LogP contribution < -0.4 is 0 Å². The minimum absolute atomic E-state index is 0.176. The van der Waals surface area contributed by atoms with E-state index in [4.69, 9.17) is 16.3 Å². The van der Waals surface area contributed by atoms with E-state index in [0.717, 1.165) is 24.2 Å². The number of rotatable bonds is 7. The first kappa shape index (κ1) is 14.2. The Bertz CT molecular complexity index is 388. The molecule has 17 heavy (non-hydrogen) atoms. The Balaban J connectivity index is 2.62. The third-order valence-corrected chi connectivity index (χ3v) is 3.11. The highest BCUT2D eigenvalue weighted by Crippen LogP contribution is 2.21. The Morgan fingerprint density at radius 3 is 2.76 bits per heavy atom. The predicted molar refractivity (Wildman–Crippen MR) is 67.4 cm³/mol. The van der Waals surface area contributed by atoms with Gasteiger partial charge in [-0.3, -0.25) is 9.48 Å². The Labute approximate surface area is 107 Å². The molecular weight excluding hydrogens is 240 g/mol. The van der Waals surface area contributed by atoms with Gasteiger partial charge in [-0.1, -0.05) is 18.5 Å². The van der Waals surface area contributed by atoms with Crippen molar-refractivity contribution in [2.45, 2.75) is 32.6 Å². The number of hydrogen-bond acceptors (Lipinski definition) is 3. The number of aryl methyl sites for hydroxylation is 2. The number of ether oxygens (including phenoxy) is 1. The molecule has 0 saturated heterocycles. The monoisotopic (exact) mass is 258 g/mol. The smallest absolute Gasteiger partial charge is 0.138 e. The van der Waals surface area contributed by atoms with Crippen LogP contribution in [0.5, 0.6) is 0 Å². The summed E-state index contributed by atoms with van der Waals surface area (Å²) < 4.78 is 6.62. The van der Waals surface area contributed by atoms with Gasteiger partial charge >= 0.3 is 0 Å². The fourth-order valence-electron chi connectivity index (χ4n) is 1.70. The summed E-state index contributed by atoms with van der Waals surface area (Å²) in [6, 6.07) is 0. The van der Waals surface area contributed by atoms with E-state index in [2.05, 4.69) is 5.10 Å². The maximum absolute atomic E-state index is 11.7. The van der Waals surface area contributed by atoms with Gasteiger partial charge in [-0.15, -0.1) is 0 Å². The van der Waals surface area contributed by atoms with E-state index < -0.39 is 0 Å². The summed E-state index contributed by atoms with van der Waals surface area (Å²) in [7, 11) is 3.46. The summed E-state index contributed by atoms with van der Waals surface area (Å²) in [5.74, 6) is 0.176. The van der Waals surface area contributed by atoms with Crippen LogP contribution in [0.3, 0.4) is 0 Å². The van der Waals surface area contributed by atoms with E-state index in [1.807, 2.05) is 14.0 Å². The number of nitrogens with zero attached hydrogens (tertiary/aromatic N) is 2. The van der Waals surface area contributed by atoms with Crippen molar-refractivity contribution < 1.29 is 9.53 Å². The molecule has 0 spiro atoms. The van der Waals surface area contributed by atoms with E-state index in [-0.39, 0.29) is 5.78 Å². The van der Waals surface area contributed by atoms with Gasteiger partial charge in [0.1, 0.15) is 5.78 Å². The van der Waals surface area contributed by atoms with Crippen LogP contribution in [0.25, 0.3) is 0 Å². The molecule has 0 aliphatic heterocycles. The zero-order chi connectivity index (χ0) is 12.8. The minimum Gasteiger partial charge on any atom is -0.385 e. The van der Waals surface area contributed by atoms with E-state index in [1.54, 1.807) is 11.8 Å². The largest absolute Gasteiger partial charge is 0.385 e. The molecule has 0 unspecified atom stereocenters. The third kappa shape index (κ3) is 3.82. The van der Waals surface area contributed by atoms with Gasteiger partial charge in [0.15, 0.2) is 0 Å². The molecule has 4 nitrogen and oxygen atoms in total. The number of Topliss-reactive ketones (excluding diaryl/α,β-unsaturated/α-hetero) is 1. The molecule has 0 aromatic carbocycles. The molecule has 1 heterocycles. The average Bonchev–Trinajstić information content (AvgIpc) is 2.57. The van der Waals surface area contributed by atoms with Gasteiger partial charge in [-0.2, -0.15) is 5.10 Å². The van der Waals surface area contributed by atoms with Crippen molar-refractivity contribution in [1.29, 1.82) is 0 Å². The normalized spacial score (nSPS) is 10.8. The summed E-state index contributed by atoms with van der Waals surface area (Å²) in [6.07, 6.45) is 2.42. The van der Waals surface area contributed by atoms with Crippen molar-refractivity contribution in [3.63, 3.8) is 0 Å². The van der Waals surface area contributed by atoms with Crippen molar-refractivity contribution in [3.05, 3.63) is 16.4 Å². The predicted octanol–water partition coefficient (Wildman–Crippen LogP) is 2.17. The molecule has 5 heteroatoms. The number of hydrogen-bond donors (Lipinski definition) is 0. The highest BCUT2D eigenvalue weighted by molar-refractivity contribution is 6.32. The molecule has 0 N–H and O–H groups in total. The van der Waals surface area contributed by atoms with Crippen LogP contribution in [-0.4, -0.2) is 29.3 Å². The van der Waals surface area contributed by atoms with Gasteiger partial charge in [-0.05, 0) is 12.8 Å². The lowest BCUT2D eigenvalue weighted by Crippen LogP contribution is -2.08. The molecule has 0 atom stereocenters. The van der Waals surface area contributed by atoms with Crippen molar-refractivity contribution in [2.75, 3.05) is 13.7 Å². The van der Waals surface area contributed by atoms with E-state index >= 15 is 0 Å². The minimum atomic E-state index is 0.176. The molecule has 1 aromatic rings. The first-order valence-corrected chi connectivity index (χ1v) is 6.18. The standard InChI is InChI=1S/C12H19ClN2O2/c1-4-10-12(13)11(15(2)14-10)8-9(16)6-5-7-17-3/h4-8H2,1-3H3. The molecule has 0 saturated carbocycles. The fourth-order valence-corrected chi connectivity index (χ4v) is 2.06. The summed E-state index contributed by atoms with van der Waals surface area (Å²) in [5, 5.41) is 4.92. The van der Waals surface area contributed by atoms with Gasteiger partial charge < -0.3 is 4.74 Å². The number of carbonyl (C=O) groups excluding carboxylic acids is 1. The molecular formula is C12H19ClN2O2. The van der Waals surface area contributed by atoms with Gasteiger partial charge in [0.2, 0.25) is 0 Å². The zero-order valence-corrected chi connectivity index (χ0v) is 11.4. The first-order chi connectivity index (χ1) is 8.10. The lowest BCUT2D eigenvalue weighted by molar-refractivity contribution is -0.118. The summed E-state index contributed by atoms with van der Waals surface area (Å²) >= 11 is 6.17. The Kier molecular flexibility index (Phi) is 5.65. The number of carbonyl (C=O) groups is 1.